The summed E-state index contributed by atoms with van der Waals surface area (Å²) < 4.78 is 17.1. The van der Waals surface area contributed by atoms with Crippen molar-refractivity contribution in [1.29, 1.82) is 0 Å². The van der Waals surface area contributed by atoms with Gasteiger partial charge in [-0.3, -0.25) is 0 Å². The van der Waals surface area contributed by atoms with Gasteiger partial charge < -0.3 is 13.6 Å². The van der Waals surface area contributed by atoms with Crippen molar-refractivity contribution in [2.45, 2.75) is 46.2 Å². The summed E-state index contributed by atoms with van der Waals surface area (Å²) in [5, 5.41) is 0. The largest absolute Gasteiger partial charge is 0.395 e. The van der Waals surface area contributed by atoms with Crippen LogP contribution < -0.4 is 0 Å². The van der Waals surface area contributed by atoms with Crippen LogP contribution in [0.2, 0.25) is 12.6 Å². The van der Waals surface area contributed by atoms with Gasteiger partial charge in [0.1, 0.15) is 0 Å². The molecular weight excluding hydrogens is 220 g/mol. The first-order valence-corrected chi connectivity index (χ1v) is 8.98. The molecular formula is C12H26O3Si. The van der Waals surface area contributed by atoms with Crippen LogP contribution in [-0.4, -0.2) is 35.0 Å². The monoisotopic (exact) mass is 246 g/mol. The molecule has 1 rings (SSSR count). The minimum Gasteiger partial charge on any atom is -0.395 e. The van der Waals surface area contributed by atoms with E-state index in [9.17, 15) is 0 Å². The molecule has 0 aromatic carbocycles. The van der Waals surface area contributed by atoms with Crippen molar-refractivity contribution < 1.29 is 13.6 Å². The molecule has 1 saturated heterocycles. The van der Waals surface area contributed by atoms with E-state index in [1.54, 1.807) is 0 Å². The fourth-order valence-corrected chi connectivity index (χ4v) is 4.78. The summed E-state index contributed by atoms with van der Waals surface area (Å²) in [6.07, 6.45) is 2.39. The molecule has 0 atom stereocenters. The minimum atomic E-state index is -1.91. The van der Waals surface area contributed by atoms with Gasteiger partial charge in [0.05, 0.1) is 13.2 Å². The summed E-state index contributed by atoms with van der Waals surface area (Å²) >= 11 is 0. The van der Waals surface area contributed by atoms with Gasteiger partial charge in [-0.05, 0) is 39.3 Å². The Hall–Kier alpha value is 0.0969. The molecule has 1 heterocycles. The third-order valence-electron chi connectivity index (χ3n) is 3.58. The zero-order valence-corrected chi connectivity index (χ0v) is 12.2. The van der Waals surface area contributed by atoms with E-state index >= 15 is 0 Å². The van der Waals surface area contributed by atoms with E-state index in [2.05, 4.69) is 13.5 Å². The average molecular weight is 246 g/mol. The molecule has 0 aromatic heterocycles. The summed E-state index contributed by atoms with van der Waals surface area (Å²) in [4.78, 5) is 0. The fraction of sp³-hybridized carbons (Fsp3) is 1.00. The summed E-state index contributed by atoms with van der Waals surface area (Å²) in [6, 6.07) is 1.09. The summed E-state index contributed by atoms with van der Waals surface area (Å²) in [5.41, 5.74) is 0.419. The third-order valence-corrected chi connectivity index (χ3v) is 6.53. The molecule has 4 heteroatoms. The lowest BCUT2D eigenvalue weighted by atomic mass is 9.81. The van der Waals surface area contributed by atoms with Crippen LogP contribution in [0.3, 0.4) is 0 Å². The topological polar surface area (TPSA) is 27.7 Å². The van der Waals surface area contributed by atoms with Crippen LogP contribution in [0.1, 0.15) is 33.6 Å². The highest BCUT2D eigenvalue weighted by Gasteiger charge is 2.40. The predicted octanol–water partition coefficient (Wildman–Crippen LogP) is 2.95. The number of rotatable bonds is 8. The molecule has 0 spiro atoms. The molecule has 0 aromatic rings. The first kappa shape index (κ1) is 14.2. The quantitative estimate of drug-likeness (QED) is 0.616. The Labute approximate surface area is 101 Å². The molecule has 0 aliphatic carbocycles. The molecule has 1 aliphatic rings. The molecule has 0 bridgehead atoms. The molecule has 3 nitrogen and oxygen atoms in total. The van der Waals surface area contributed by atoms with Crippen molar-refractivity contribution in [3.8, 4) is 0 Å². The summed E-state index contributed by atoms with van der Waals surface area (Å²) in [5.74, 6) is 0. The van der Waals surface area contributed by atoms with Gasteiger partial charge in [0.15, 0.2) is 0 Å². The lowest BCUT2D eigenvalue weighted by Gasteiger charge is -2.42. The van der Waals surface area contributed by atoms with E-state index in [1.807, 2.05) is 13.8 Å². The second kappa shape index (κ2) is 6.14. The molecule has 1 fully saturated rings. The number of hydrogen-bond acceptors (Lipinski definition) is 3. The lowest BCUT2D eigenvalue weighted by Crippen LogP contribution is -2.46. The molecule has 0 N–H and O–H groups in total. The van der Waals surface area contributed by atoms with Crippen LogP contribution in [0.4, 0.5) is 0 Å². The van der Waals surface area contributed by atoms with Crippen LogP contribution in [0.15, 0.2) is 0 Å². The van der Waals surface area contributed by atoms with Crippen LogP contribution in [0.5, 0.6) is 0 Å². The highest BCUT2D eigenvalue weighted by molar-refractivity contribution is 6.66. The zero-order chi connectivity index (χ0) is 12.1. The van der Waals surface area contributed by atoms with Gasteiger partial charge >= 0.3 is 8.56 Å². The fourth-order valence-electron chi connectivity index (χ4n) is 2.20. The van der Waals surface area contributed by atoms with Crippen LogP contribution in [-0.2, 0) is 13.6 Å². The first-order valence-electron chi connectivity index (χ1n) is 6.45. The van der Waals surface area contributed by atoms with Crippen molar-refractivity contribution in [2.24, 2.45) is 5.41 Å². The Bertz CT molecular complexity index is 193. The van der Waals surface area contributed by atoms with E-state index < -0.39 is 8.56 Å². The Morgan fingerprint density at radius 3 is 2.00 bits per heavy atom. The van der Waals surface area contributed by atoms with Gasteiger partial charge in [-0.1, -0.05) is 6.92 Å². The van der Waals surface area contributed by atoms with Crippen molar-refractivity contribution in [3.05, 3.63) is 0 Å². The van der Waals surface area contributed by atoms with Gasteiger partial charge in [0.25, 0.3) is 0 Å². The van der Waals surface area contributed by atoms with Crippen molar-refractivity contribution in [3.63, 3.8) is 0 Å². The van der Waals surface area contributed by atoms with Gasteiger partial charge in [-0.2, -0.15) is 0 Å². The van der Waals surface area contributed by atoms with Crippen molar-refractivity contribution in [2.75, 3.05) is 26.4 Å². The lowest BCUT2D eigenvalue weighted by molar-refractivity contribution is -0.117. The van der Waals surface area contributed by atoms with E-state index in [0.29, 0.717) is 5.41 Å². The Morgan fingerprint density at radius 1 is 1.12 bits per heavy atom. The SMILES string of the molecule is CCO[Si](C)(CCC1(CC)COC1)OCC. The molecule has 1 aliphatic heterocycles. The Kier molecular flexibility index (Phi) is 5.44. The summed E-state index contributed by atoms with van der Waals surface area (Å²) in [6.45, 7) is 11.9. The van der Waals surface area contributed by atoms with Crippen LogP contribution in [0.25, 0.3) is 0 Å². The number of hydrogen-bond donors (Lipinski definition) is 0. The van der Waals surface area contributed by atoms with Gasteiger partial charge in [0, 0.05) is 18.6 Å². The maximum absolute atomic E-state index is 5.85. The maximum atomic E-state index is 5.85. The smallest absolute Gasteiger partial charge is 0.334 e. The van der Waals surface area contributed by atoms with Crippen molar-refractivity contribution >= 4 is 8.56 Å². The summed E-state index contributed by atoms with van der Waals surface area (Å²) in [7, 11) is -1.91. The molecule has 16 heavy (non-hydrogen) atoms. The molecule has 96 valence electrons. The van der Waals surface area contributed by atoms with E-state index in [-0.39, 0.29) is 0 Å². The van der Waals surface area contributed by atoms with Crippen molar-refractivity contribution in [1.82, 2.24) is 0 Å². The minimum absolute atomic E-state index is 0.419. The third kappa shape index (κ3) is 3.55. The predicted molar refractivity (Wildman–Crippen MR) is 67.8 cm³/mol. The van der Waals surface area contributed by atoms with Gasteiger partial charge in [-0.25, -0.2) is 0 Å². The normalized spacial score (nSPS) is 19.5. The number of ether oxygens (including phenoxy) is 1. The average Bonchev–Trinajstić information content (AvgIpc) is 2.17. The van der Waals surface area contributed by atoms with Gasteiger partial charge in [-0.15, -0.1) is 0 Å². The Balaban J connectivity index is 2.42. The molecule has 0 unspecified atom stereocenters. The molecule has 0 saturated carbocycles. The zero-order valence-electron chi connectivity index (χ0n) is 11.2. The molecule has 0 amide bonds. The molecule has 0 radical (unpaired) electrons. The standard InChI is InChI=1S/C12H26O3Si/c1-5-12(10-13-11-12)8-9-16(4,14-6-2)15-7-3/h5-11H2,1-4H3. The second-order valence-corrected chi connectivity index (χ2v) is 8.19. The maximum Gasteiger partial charge on any atom is 0.334 e. The Morgan fingerprint density at radius 2 is 1.69 bits per heavy atom. The van der Waals surface area contributed by atoms with Crippen LogP contribution >= 0.6 is 0 Å². The van der Waals surface area contributed by atoms with Gasteiger partial charge in [0.2, 0.25) is 0 Å². The first-order chi connectivity index (χ1) is 7.60. The second-order valence-electron chi connectivity index (χ2n) is 4.85. The highest BCUT2D eigenvalue weighted by Crippen LogP contribution is 2.38. The van der Waals surface area contributed by atoms with Crippen LogP contribution in [0, 0.1) is 5.41 Å². The van der Waals surface area contributed by atoms with E-state index in [4.69, 9.17) is 13.6 Å². The van der Waals surface area contributed by atoms with E-state index in [1.165, 1.54) is 12.8 Å². The highest BCUT2D eigenvalue weighted by atomic mass is 28.4. The van der Waals surface area contributed by atoms with E-state index in [0.717, 1.165) is 32.5 Å².